The maximum absolute atomic E-state index is 5.82. The van der Waals surface area contributed by atoms with Gasteiger partial charge in [-0.05, 0) is 38.3 Å². The van der Waals surface area contributed by atoms with E-state index in [9.17, 15) is 0 Å². The van der Waals surface area contributed by atoms with Crippen molar-refractivity contribution >= 4 is 0 Å². The van der Waals surface area contributed by atoms with E-state index in [2.05, 4.69) is 39.8 Å². The molecule has 2 fully saturated rings. The van der Waals surface area contributed by atoms with Gasteiger partial charge in [0.1, 0.15) is 0 Å². The lowest BCUT2D eigenvalue weighted by molar-refractivity contribution is -0.0498. The van der Waals surface area contributed by atoms with Crippen LogP contribution in [0.15, 0.2) is 0 Å². The lowest BCUT2D eigenvalue weighted by Gasteiger charge is -2.40. The van der Waals surface area contributed by atoms with Crippen LogP contribution in [-0.2, 0) is 4.74 Å². The third-order valence-electron chi connectivity index (χ3n) is 5.57. The zero-order chi connectivity index (χ0) is 11.4. The quantitative estimate of drug-likeness (QED) is 0.695. The second-order valence-electron chi connectivity index (χ2n) is 6.39. The molecule has 0 aromatic carbocycles. The molecule has 0 spiro atoms. The molecule has 2 bridgehead atoms. The van der Waals surface area contributed by atoms with Crippen LogP contribution in [0.2, 0.25) is 0 Å². The van der Waals surface area contributed by atoms with Crippen LogP contribution in [0.4, 0.5) is 0 Å². The topological polar surface area (TPSA) is 12.5 Å². The molecule has 4 atom stereocenters. The van der Waals surface area contributed by atoms with Gasteiger partial charge in [-0.15, -0.1) is 0 Å². The standard InChI is InChI=1S/C13H25NO/c1-12(2)9-7-8-13(12,3)11(15-6)10(9)14(4)5/h9-11H,7-8H2,1-6H3. The van der Waals surface area contributed by atoms with Crippen LogP contribution in [0.3, 0.4) is 0 Å². The Bertz CT molecular complexity index is 261. The number of likely N-dealkylation sites (N-methyl/N-ethyl adjacent to an activating group) is 1. The molecule has 0 aromatic heterocycles. The van der Waals surface area contributed by atoms with E-state index in [1.807, 2.05) is 7.11 Å². The average molecular weight is 211 g/mol. The monoisotopic (exact) mass is 211 g/mol. The van der Waals surface area contributed by atoms with E-state index < -0.39 is 0 Å². The Morgan fingerprint density at radius 2 is 1.80 bits per heavy atom. The predicted octanol–water partition coefficient (Wildman–Crippen LogP) is 2.39. The summed E-state index contributed by atoms with van der Waals surface area (Å²) >= 11 is 0. The number of methoxy groups -OCH3 is 1. The fraction of sp³-hybridized carbons (Fsp3) is 1.00. The molecule has 2 saturated carbocycles. The summed E-state index contributed by atoms with van der Waals surface area (Å²) in [6.07, 6.45) is 3.10. The summed E-state index contributed by atoms with van der Waals surface area (Å²) in [5.74, 6) is 0.794. The Kier molecular flexibility index (Phi) is 2.44. The average Bonchev–Trinajstić information content (AvgIpc) is 2.46. The largest absolute Gasteiger partial charge is 0.379 e. The van der Waals surface area contributed by atoms with Crippen LogP contribution in [-0.4, -0.2) is 38.3 Å². The summed E-state index contributed by atoms with van der Waals surface area (Å²) in [4.78, 5) is 2.37. The zero-order valence-electron chi connectivity index (χ0n) is 11.0. The van der Waals surface area contributed by atoms with Gasteiger partial charge >= 0.3 is 0 Å². The molecule has 15 heavy (non-hydrogen) atoms. The van der Waals surface area contributed by atoms with Gasteiger partial charge in [0.05, 0.1) is 6.10 Å². The summed E-state index contributed by atoms with van der Waals surface area (Å²) in [5, 5.41) is 0. The first-order chi connectivity index (χ1) is 6.86. The van der Waals surface area contributed by atoms with Crippen molar-refractivity contribution in [1.29, 1.82) is 0 Å². The van der Waals surface area contributed by atoms with Crippen LogP contribution in [0.5, 0.6) is 0 Å². The number of fused-ring (bicyclic) bond motifs is 2. The first-order valence-corrected chi connectivity index (χ1v) is 6.05. The highest BCUT2D eigenvalue weighted by Gasteiger charge is 2.66. The van der Waals surface area contributed by atoms with Crippen LogP contribution in [0, 0.1) is 16.7 Å². The number of hydrogen-bond donors (Lipinski definition) is 0. The molecule has 2 nitrogen and oxygen atoms in total. The lowest BCUT2D eigenvalue weighted by atomic mass is 9.70. The fourth-order valence-corrected chi connectivity index (χ4v) is 4.29. The summed E-state index contributed by atoms with van der Waals surface area (Å²) in [6, 6.07) is 0.601. The normalized spacial score (nSPS) is 47.8. The molecule has 0 N–H and O–H groups in total. The maximum Gasteiger partial charge on any atom is 0.0787 e. The Hall–Kier alpha value is -0.0800. The van der Waals surface area contributed by atoms with Crippen LogP contribution in [0.1, 0.15) is 33.6 Å². The van der Waals surface area contributed by atoms with Crippen molar-refractivity contribution in [2.24, 2.45) is 16.7 Å². The van der Waals surface area contributed by atoms with Crippen LogP contribution in [0.25, 0.3) is 0 Å². The van der Waals surface area contributed by atoms with Gasteiger partial charge in [-0.1, -0.05) is 20.8 Å². The zero-order valence-corrected chi connectivity index (χ0v) is 11.0. The Balaban J connectivity index is 2.40. The third kappa shape index (κ3) is 1.18. The predicted molar refractivity (Wildman–Crippen MR) is 62.9 cm³/mol. The smallest absolute Gasteiger partial charge is 0.0787 e. The molecule has 2 rings (SSSR count). The van der Waals surface area contributed by atoms with Crippen molar-refractivity contribution < 1.29 is 4.74 Å². The molecule has 2 aliphatic rings. The van der Waals surface area contributed by atoms with E-state index in [-0.39, 0.29) is 0 Å². The van der Waals surface area contributed by atoms with Gasteiger partial charge in [0.25, 0.3) is 0 Å². The van der Waals surface area contributed by atoms with E-state index >= 15 is 0 Å². The SMILES string of the molecule is COC1C(N(C)C)C2CCC1(C)C2(C)C. The molecule has 88 valence electrons. The van der Waals surface area contributed by atoms with Gasteiger partial charge in [0, 0.05) is 18.6 Å². The molecule has 0 aliphatic heterocycles. The maximum atomic E-state index is 5.82. The van der Waals surface area contributed by atoms with E-state index in [1.165, 1.54) is 12.8 Å². The fourth-order valence-electron chi connectivity index (χ4n) is 4.29. The number of nitrogens with zero attached hydrogens (tertiary/aromatic N) is 1. The summed E-state index contributed by atoms with van der Waals surface area (Å²) < 4.78 is 5.82. The number of ether oxygens (including phenoxy) is 1. The van der Waals surface area contributed by atoms with Crippen LogP contribution < -0.4 is 0 Å². The number of hydrogen-bond acceptors (Lipinski definition) is 2. The molecular formula is C13H25NO. The third-order valence-corrected chi connectivity index (χ3v) is 5.57. The van der Waals surface area contributed by atoms with Gasteiger partial charge < -0.3 is 9.64 Å². The van der Waals surface area contributed by atoms with E-state index in [0.717, 1.165) is 5.92 Å². The van der Waals surface area contributed by atoms with Crippen molar-refractivity contribution in [1.82, 2.24) is 4.90 Å². The van der Waals surface area contributed by atoms with Gasteiger partial charge in [0.15, 0.2) is 0 Å². The van der Waals surface area contributed by atoms with Crippen molar-refractivity contribution in [3.8, 4) is 0 Å². The van der Waals surface area contributed by atoms with E-state index in [4.69, 9.17) is 4.74 Å². The minimum absolute atomic E-state index is 0.362. The Morgan fingerprint density at radius 1 is 1.20 bits per heavy atom. The summed E-state index contributed by atoms with van der Waals surface area (Å²) in [7, 11) is 6.26. The first-order valence-electron chi connectivity index (χ1n) is 6.05. The molecule has 2 heteroatoms. The minimum Gasteiger partial charge on any atom is -0.379 e. The molecule has 4 unspecified atom stereocenters. The first kappa shape index (κ1) is 11.4. The van der Waals surface area contributed by atoms with Gasteiger partial charge in [-0.2, -0.15) is 0 Å². The van der Waals surface area contributed by atoms with Gasteiger partial charge in [0.2, 0.25) is 0 Å². The van der Waals surface area contributed by atoms with Crippen molar-refractivity contribution in [3.05, 3.63) is 0 Å². The molecule has 0 radical (unpaired) electrons. The molecule has 0 saturated heterocycles. The van der Waals surface area contributed by atoms with Crippen molar-refractivity contribution in [2.45, 2.75) is 45.8 Å². The molecular weight excluding hydrogens is 186 g/mol. The highest BCUT2D eigenvalue weighted by atomic mass is 16.5. The second kappa shape index (κ2) is 3.21. The highest BCUT2D eigenvalue weighted by molar-refractivity contribution is 5.17. The second-order valence-corrected chi connectivity index (χ2v) is 6.39. The van der Waals surface area contributed by atoms with E-state index in [0.29, 0.717) is 23.0 Å². The minimum atomic E-state index is 0.362. The van der Waals surface area contributed by atoms with Crippen molar-refractivity contribution in [2.75, 3.05) is 21.2 Å². The van der Waals surface area contributed by atoms with Crippen LogP contribution >= 0.6 is 0 Å². The van der Waals surface area contributed by atoms with E-state index in [1.54, 1.807) is 0 Å². The number of rotatable bonds is 2. The summed E-state index contributed by atoms with van der Waals surface area (Å²) in [6.45, 7) is 7.28. The molecule has 0 heterocycles. The highest BCUT2D eigenvalue weighted by Crippen LogP contribution is 2.66. The van der Waals surface area contributed by atoms with Crippen molar-refractivity contribution in [3.63, 3.8) is 0 Å². The molecule has 2 aliphatic carbocycles. The molecule has 0 amide bonds. The molecule has 0 aromatic rings. The van der Waals surface area contributed by atoms with Gasteiger partial charge in [-0.3, -0.25) is 0 Å². The Morgan fingerprint density at radius 3 is 2.20 bits per heavy atom. The lowest BCUT2D eigenvalue weighted by Crippen LogP contribution is -2.47. The van der Waals surface area contributed by atoms with Gasteiger partial charge in [-0.25, -0.2) is 0 Å². The Labute approximate surface area is 94.0 Å². The summed E-state index contributed by atoms with van der Waals surface area (Å²) in [5.41, 5.74) is 0.782.